The van der Waals surface area contributed by atoms with E-state index in [-0.39, 0.29) is 18.4 Å². The molecule has 7 heteroatoms. The van der Waals surface area contributed by atoms with E-state index in [4.69, 9.17) is 21.1 Å². The number of piperidine rings is 1. The summed E-state index contributed by atoms with van der Waals surface area (Å²) in [6.07, 6.45) is 3.96. The quantitative estimate of drug-likeness (QED) is 0.632. The lowest BCUT2D eigenvalue weighted by Crippen LogP contribution is -2.38. The molecule has 166 valence electrons. The van der Waals surface area contributed by atoms with Crippen LogP contribution in [0.3, 0.4) is 0 Å². The zero-order valence-corrected chi connectivity index (χ0v) is 18.6. The van der Waals surface area contributed by atoms with E-state index in [1.807, 2.05) is 36.1 Å². The van der Waals surface area contributed by atoms with Gasteiger partial charge in [0.05, 0.1) is 6.61 Å². The highest BCUT2D eigenvalue weighted by Crippen LogP contribution is 2.28. The molecule has 1 fully saturated rings. The molecule has 1 aliphatic heterocycles. The number of hydrogen-bond donors (Lipinski definition) is 1. The predicted molar refractivity (Wildman–Crippen MR) is 121 cm³/mol. The summed E-state index contributed by atoms with van der Waals surface area (Å²) in [5, 5.41) is 3.61. The number of rotatable bonds is 9. The van der Waals surface area contributed by atoms with Crippen LogP contribution in [-0.2, 0) is 11.2 Å². The average Bonchev–Trinajstić information content (AvgIpc) is 2.80. The molecule has 1 heterocycles. The van der Waals surface area contributed by atoms with E-state index in [2.05, 4.69) is 5.32 Å². The number of hydrogen-bond acceptors (Lipinski definition) is 4. The van der Waals surface area contributed by atoms with Gasteiger partial charge in [-0.05, 0) is 68.5 Å². The molecule has 31 heavy (non-hydrogen) atoms. The van der Waals surface area contributed by atoms with Gasteiger partial charge in [-0.15, -0.1) is 0 Å². The monoisotopic (exact) mass is 444 g/mol. The molecule has 2 aromatic rings. The molecule has 0 spiro atoms. The molecule has 2 amide bonds. The fourth-order valence-electron chi connectivity index (χ4n) is 3.48. The highest BCUT2D eigenvalue weighted by atomic mass is 35.5. The van der Waals surface area contributed by atoms with Gasteiger partial charge in [-0.25, -0.2) is 0 Å². The Morgan fingerprint density at radius 3 is 2.45 bits per heavy atom. The van der Waals surface area contributed by atoms with Crippen molar-refractivity contribution in [1.29, 1.82) is 0 Å². The van der Waals surface area contributed by atoms with Gasteiger partial charge in [-0.3, -0.25) is 9.59 Å². The first kappa shape index (κ1) is 22.9. The summed E-state index contributed by atoms with van der Waals surface area (Å²) in [6.45, 7) is 4.34. The minimum absolute atomic E-state index is 0.0221. The van der Waals surface area contributed by atoms with E-state index in [9.17, 15) is 9.59 Å². The van der Waals surface area contributed by atoms with Crippen LogP contribution in [0.4, 0.5) is 0 Å². The average molecular weight is 445 g/mol. The van der Waals surface area contributed by atoms with Crippen molar-refractivity contribution in [2.75, 3.05) is 32.8 Å². The van der Waals surface area contributed by atoms with Crippen molar-refractivity contribution in [2.45, 2.75) is 32.6 Å². The molecule has 0 radical (unpaired) electrons. The molecule has 0 unspecified atom stereocenters. The molecule has 1 N–H and O–H groups in total. The van der Waals surface area contributed by atoms with Gasteiger partial charge in [0.15, 0.2) is 18.1 Å². The number of carbonyl (C=O) groups is 2. The van der Waals surface area contributed by atoms with Crippen LogP contribution in [0.2, 0.25) is 5.02 Å². The summed E-state index contributed by atoms with van der Waals surface area (Å²) < 4.78 is 11.4. The third kappa shape index (κ3) is 6.89. The Morgan fingerprint density at radius 2 is 1.74 bits per heavy atom. The van der Waals surface area contributed by atoms with Gasteiger partial charge in [0, 0.05) is 30.2 Å². The number of ether oxygens (including phenoxy) is 2. The molecule has 0 atom stereocenters. The van der Waals surface area contributed by atoms with Gasteiger partial charge in [0.25, 0.3) is 11.8 Å². The van der Waals surface area contributed by atoms with E-state index < -0.39 is 0 Å². The Morgan fingerprint density at radius 1 is 1.00 bits per heavy atom. The van der Waals surface area contributed by atoms with E-state index in [1.54, 1.807) is 18.2 Å². The highest BCUT2D eigenvalue weighted by molar-refractivity contribution is 6.30. The van der Waals surface area contributed by atoms with Crippen molar-refractivity contribution in [3.63, 3.8) is 0 Å². The number of likely N-dealkylation sites (tertiary alicyclic amines) is 1. The second-order valence-electron chi connectivity index (χ2n) is 7.46. The van der Waals surface area contributed by atoms with E-state index >= 15 is 0 Å². The number of nitrogens with zero attached hydrogens (tertiary/aromatic N) is 1. The third-order valence-electron chi connectivity index (χ3n) is 5.18. The van der Waals surface area contributed by atoms with E-state index in [0.29, 0.717) is 41.7 Å². The number of nitrogens with one attached hydrogen (secondary N) is 1. The minimum Gasteiger partial charge on any atom is -0.490 e. The maximum absolute atomic E-state index is 12.5. The van der Waals surface area contributed by atoms with Crippen molar-refractivity contribution >= 4 is 23.4 Å². The Balaban J connectivity index is 1.55. The summed E-state index contributed by atoms with van der Waals surface area (Å²) in [6, 6.07) is 12.6. The van der Waals surface area contributed by atoms with Gasteiger partial charge < -0.3 is 19.7 Å². The molecule has 0 saturated carbocycles. The molecule has 6 nitrogen and oxygen atoms in total. The molecule has 2 aromatic carbocycles. The van der Waals surface area contributed by atoms with Crippen LogP contribution in [0.1, 0.15) is 42.1 Å². The fourth-order valence-corrected chi connectivity index (χ4v) is 3.61. The van der Waals surface area contributed by atoms with Crippen molar-refractivity contribution in [3.05, 3.63) is 58.6 Å². The zero-order chi connectivity index (χ0) is 22.1. The van der Waals surface area contributed by atoms with Crippen LogP contribution in [0, 0.1) is 0 Å². The Bertz CT molecular complexity index is 880. The van der Waals surface area contributed by atoms with Gasteiger partial charge in [-0.2, -0.15) is 0 Å². The molecule has 1 saturated heterocycles. The zero-order valence-electron chi connectivity index (χ0n) is 17.9. The lowest BCUT2D eigenvalue weighted by Gasteiger charge is -2.26. The summed E-state index contributed by atoms with van der Waals surface area (Å²) in [7, 11) is 0. The lowest BCUT2D eigenvalue weighted by atomic mass is 10.1. The largest absolute Gasteiger partial charge is 0.490 e. The molecule has 1 aliphatic rings. The van der Waals surface area contributed by atoms with Gasteiger partial charge in [-0.1, -0.05) is 23.7 Å². The SMILES string of the molecule is CCOc1cc(C(=O)NCCc2ccc(Cl)cc2)ccc1OCC(=O)N1CCCCC1. The molecule has 0 aliphatic carbocycles. The molecule has 3 rings (SSSR count). The second kappa shape index (κ2) is 11.6. The molecule has 0 aromatic heterocycles. The lowest BCUT2D eigenvalue weighted by molar-refractivity contribution is -0.134. The van der Waals surface area contributed by atoms with Gasteiger partial charge >= 0.3 is 0 Å². The van der Waals surface area contributed by atoms with E-state index in [0.717, 1.165) is 31.5 Å². The normalized spacial score (nSPS) is 13.5. The van der Waals surface area contributed by atoms with Crippen LogP contribution in [0.25, 0.3) is 0 Å². The summed E-state index contributed by atoms with van der Waals surface area (Å²) in [5.41, 5.74) is 1.58. The maximum Gasteiger partial charge on any atom is 0.260 e. The highest BCUT2D eigenvalue weighted by Gasteiger charge is 2.18. The van der Waals surface area contributed by atoms with Crippen molar-refractivity contribution < 1.29 is 19.1 Å². The number of benzene rings is 2. The van der Waals surface area contributed by atoms with Crippen LogP contribution in [-0.4, -0.2) is 49.6 Å². The number of amides is 2. The fraction of sp³-hybridized carbons (Fsp3) is 0.417. The standard InChI is InChI=1S/C24H29ClN2O4/c1-2-30-22-16-19(24(29)26-13-12-18-6-9-20(25)10-7-18)8-11-21(22)31-17-23(28)27-14-4-3-5-15-27/h6-11,16H,2-5,12-15,17H2,1H3,(H,26,29). The van der Waals surface area contributed by atoms with Crippen molar-refractivity contribution in [1.82, 2.24) is 10.2 Å². The van der Waals surface area contributed by atoms with E-state index in [1.165, 1.54) is 6.42 Å². The minimum atomic E-state index is -0.189. The van der Waals surface area contributed by atoms with Crippen molar-refractivity contribution in [2.24, 2.45) is 0 Å². The van der Waals surface area contributed by atoms with Crippen LogP contribution in [0.5, 0.6) is 11.5 Å². The summed E-state index contributed by atoms with van der Waals surface area (Å²) in [4.78, 5) is 26.7. The Hall–Kier alpha value is -2.73. The Kier molecular flexibility index (Phi) is 8.59. The summed E-state index contributed by atoms with van der Waals surface area (Å²) in [5.74, 6) is 0.709. The number of carbonyl (C=O) groups excluding carboxylic acids is 2. The molecule has 0 bridgehead atoms. The first-order chi connectivity index (χ1) is 15.1. The second-order valence-corrected chi connectivity index (χ2v) is 7.89. The van der Waals surface area contributed by atoms with Crippen LogP contribution >= 0.6 is 11.6 Å². The topological polar surface area (TPSA) is 67.9 Å². The Labute approximate surface area is 188 Å². The third-order valence-corrected chi connectivity index (χ3v) is 5.43. The van der Waals surface area contributed by atoms with Crippen molar-refractivity contribution in [3.8, 4) is 11.5 Å². The predicted octanol–water partition coefficient (Wildman–Crippen LogP) is 4.10. The summed E-state index contributed by atoms with van der Waals surface area (Å²) >= 11 is 5.90. The van der Waals surface area contributed by atoms with Gasteiger partial charge in [0.2, 0.25) is 0 Å². The van der Waals surface area contributed by atoms with Crippen LogP contribution < -0.4 is 14.8 Å². The number of halogens is 1. The smallest absolute Gasteiger partial charge is 0.260 e. The first-order valence-electron chi connectivity index (χ1n) is 10.8. The first-order valence-corrected chi connectivity index (χ1v) is 11.1. The maximum atomic E-state index is 12.5. The molecular weight excluding hydrogens is 416 g/mol. The van der Waals surface area contributed by atoms with Gasteiger partial charge in [0.1, 0.15) is 0 Å². The van der Waals surface area contributed by atoms with Crippen LogP contribution in [0.15, 0.2) is 42.5 Å². The molecular formula is C24H29ClN2O4.